The van der Waals surface area contributed by atoms with Crippen LogP contribution in [0.25, 0.3) is 0 Å². The van der Waals surface area contributed by atoms with Crippen LogP contribution in [-0.2, 0) is 11.3 Å². The Labute approximate surface area is 157 Å². The second-order valence-electron chi connectivity index (χ2n) is 6.12. The summed E-state index contributed by atoms with van der Waals surface area (Å²) in [5.74, 6) is 1.85. The molecule has 1 saturated heterocycles. The van der Waals surface area contributed by atoms with E-state index in [1.165, 1.54) is 0 Å². The number of hydrogen-bond acceptors (Lipinski definition) is 5. The van der Waals surface area contributed by atoms with Crippen LogP contribution in [0.5, 0.6) is 0 Å². The van der Waals surface area contributed by atoms with Gasteiger partial charge in [0.25, 0.3) is 0 Å². The molecule has 1 fully saturated rings. The highest BCUT2D eigenvalue weighted by molar-refractivity contribution is 7.99. The first-order chi connectivity index (χ1) is 12.1. The molecule has 0 N–H and O–H groups in total. The van der Waals surface area contributed by atoms with Crippen molar-refractivity contribution in [2.45, 2.75) is 24.8 Å². The number of thioether (sulfide) groups is 1. The SMILES string of the molecule is Cc1cc(CN2CCN(C(=O)CCSc3ccccc3Cl)CC2)on1. The molecule has 0 spiro atoms. The molecular weight excluding hydrogens is 358 g/mol. The van der Waals surface area contributed by atoms with Gasteiger partial charge >= 0.3 is 0 Å². The smallest absolute Gasteiger partial charge is 0.223 e. The van der Waals surface area contributed by atoms with Gasteiger partial charge in [-0.05, 0) is 19.1 Å². The van der Waals surface area contributed by atoms with E-state index in [4.69, 9.17) is 16.1 Å². The number of carbonyl (C=O) groups is 1. The zero-order valence-corrected chi connectivity index (χ0v) is 15.9. The Bertz CT molecular complexity index is 714. The van der Waals surface area contributed by atoms with Crippen LogP contribution in [0.1, 0.15) is 17.9 Å². The minimum absolute atomic E-state index is 0.217. The number of hydrogen-bond donors (Lipinski definition) is 0. The van der Waals surface area contributed by atoms with Crippen molar-refractivity contribution >= 4 is 29.3 Å². The van der Waals surface area contributed by atoms with Crippen LogP contribution in [0, 0.1) is 6.92 Å². The lowest BCUT2D eigenvalue weighted by molar-refractivity contribution is -0.132. The summed E-state index contributed by atoms with van der Waals surface area (Å²) >= 11 is 7.77. The van der Waals surface area contributed by atoms with E-state index >= 15 is 0 Å². The number of rotatable bonds is 6. The summed E-state index contributed by atoms with van der Waals surface area (Å²) in [5, 5.41) is 4.66. The first-order valence-corrected chi connectivity index (χ1v) is 9.78. The molecule has 0 saturated carbocycles. The van der Waals surface area contributed by atoms with Crippen LogP contribution in [0.4, 0.5) is 0 Å². The lowest BCUT2D eigenvalue weighted by Crippen LogP contribution is -2.48. The van der Waals surface area contributed by atoms with Gasteiger partial charge < -0.3 is 9.42 Å². The first kappa shape index (κ1) is 18.3. The third kappa shape index (κ3) is 5.23. The van der Waals surface area contributed by atoms with Gasteiger partial charge in [-0.3, -0.25) is 9.69 Å². The molecule has 134 valence electrons. The number of nitrogens with zero attached hydrogens (tertiary/aromatic N) is 3. The van der Waals surface area contributed by atoms with Crippen LogP contribution < -0.4 is 0 Å². The van der Waals surface area contributed by atoms with Crippen molar-refractivity contribution in [1.82, 2.24) is 15.0 Å². The Morgan fingerprint density at radius 1 is 1.28 bits per heavy atom. The van der Waals surface area contributed by atoms with Crippen LogP contribution >= 0.6 is 23.4 Å². The van der Waals surface area contributed by atoms with Crippen molar-refractivity contribution in [2.75, 3.05) is 31.9 Å². The molecule has 0 radical (unpaired) electrons. The predicted octanol–water partition coefficient (Wildman–Crippen LogP) is 3.46. The predicted molar refractivity (Wildman–Crippen MR) is 99.9 cm³/mol. The Hall–Kier alpha value is -1.50. The molecule has 0 aliphatic carbocycles. The van der Waals surface area contributed by atoms with Crippen LogP contribution in [-0.4, -0.2) is 52.8 Å². The zero-order valence-electron chi connectivity index (χ0n) is 14.3. The van der Waals surface area contributed by atoms with E-state index in [9.17, 15) is 4.79 Å². The Morgan fingerprint density at radius 2 is 2.04 bits per heavy atom. The quantitative estimate of drug-likeness (QED) is 0.719. The maximum absolute atomic E-state index is 12.4. The van der Waals surface area contributed by atoms with Gasteiger partial charge in [0, 0.05) is 49.3 Å². The minimum atomic E-state index is 0.217. The summed E-state index contributed by atoms with van der Waals surface area (Å²) in [7, 11) is 0. The molecule has 2 aromatic rings. The van der Waals surface area contributed by atoms with Crippen molar-refractivity contribution in [3.63, 3.8) is 0 Å². The number of aromatic nitrogens is 1. The lowest BCUT2D eigenvalue weighted by Gasteiger charge is -2.34. The number of amides is 1. The van der Waals surface area contributed by atoms with Crippen molar-refractivity contribution in [3.05, 3.63) is 46.8 Å². The van der Waals surface area contributed by atoms with Gasteiger partial charge in [0.2, 0.25) is 5.91 Å². The summed E-state index contributed by atoms with van der Waals surface area (Å²) < 4.78 is 5.26. The highest BCUT2D eigenvalue weighted by atomic mass is 35.5. The maximum atomic E-state index is 12.4. The monoisotopic (exact) mass is 379 g/mol. The van der Waals surface area contributed by atoms with E-state index in [-0.39, 0.29) is 5.91 Å². The molecule has 25 heavy (non-hydrogen) atoms. The van der Waals surface area contributed by atoms with Gasteiger partial charge in [-0.25, -0.2) is 0 Å². The number of piperazine rings is 1. The second-order valence-corrected chi connectivity index (χ2v) is 7.66. The molecule has 3 rings (SSSR count). The third-order valence-corrected chi connectivity index (χ3v) is 5.71. The number of benzene rings is 1. The largest absolute Gasteiger partial charge is 0.360 e. The van der Waals surface area contributed by atoms with E-state index < -0.39 is 0 Å². The fourth-order valence-corrected chi connectivity index (χ4v) is 4.01. The highest BCUT2D eigenvalue weighted by Gasteiger charge is 2.21. The average Bonchev–Trinajstić information content (AvgIpc) is 3.02. The van der Waals surface area contributed by atoms with Gasteiger partial charge in [0.05, 0.1) is 17.3 Å². The van der Waals surface area contributed by atoms with E-state index in [1.54, 1.807) is 11.8 Å². The van der Waals surface area contributed by atoms with Gasteiger partial charge in [-0.1, -0.05) is 28.9 Å². The molecule has 1 amide bonds. The molecule has 0 unspecified atom stereocenters. The lowest BCUT2D eigenvalue weighted by atomic mass is 10.2. The molecule has 1 aliphatic rings. The number of aryl methyl sites for hydroxylation is 1. The van der Waals surface area contributed by atoms with Crippen LogP contribution in [0.3, 0.4) is 0 Å². The topological polar surface area (TPSA) is 49.6 Å². The molecule has 0 bridgehead atoms. The normalized spacial score (nSPS) is 15.5. The Kier molecular flexibility index (Phi) is 6.39. The summed E-state index contributed by atoms with van der Waals surface area (Å²) in [6, 6.07) is 9.70. The molecule has 1 aliphatic heterocycles. The van der Waals surface area contributed by atoms with E-state index in [2.05, 4.69) is 10.1 Å². The van der Waals surface area contributed by atoms with Gasteiger partial charge in [-0.2, -0.15) is 0 Å². The van der Waals surface area contributed by atoms with E-state index in [0.717, 1.165) is 59.8 Å². The molecular formula is C18H22ClN3O2S. The fraction of sp³-hybridized carbons (Fsp3) is 0.444. The van der Waals surface area contributed by atoms with Crippen LogP contribution in [0.2, 0.25) is 5.02 Å². The molecule has 1 aromatic carbocycles. The minimum Gasteiger partial charge on any atom is -0.360 e. The number of halogens is 1. The van der Waals surface area contributed by atoms with E-state index in [1.807, 2.05) is 42.2 Å². The van der Waals surface area contributed by atoms with Gasteiger partial charge in [0.1, 0.15) is 0 Å². The molecule has 2 heterocycles. The van der Waals surface area contributed by atoms with Gasteiger partial charge in [0.15, 0.2) is 5.76 Å². The summed E-state index contributed by atoms with van der Waals surface area (Å²) in [6.45, 7) is 5.94. The van der Waals surface area contributed by atoms with Crippen molar-refractivity contribution in [1.29, 1.82) is 0 Å². The molecule has 1 aromatic heterocycles. The standard InChI is InChI=1S/C18H22ClN3O2S/c1-14-12-15(24-20-14)13-21-7-9-22(10-8-21)18(23)6-11-25-17-5-3-2-4-16(17)19/h2-5,12H,6-11,13H2,1H3. The third-order valence-electron chi connectivity index (χ3n) is 4.19. The van der Waals surface area contributed by atoms with Crippen molar-refractivity contribution < 1.29 is 9.32 Å². The van der Waals surface area contributed by atoms with Crippen LogP contribution in [0.15, 0.2) is 39.8 Å². The van der Waals surface area contributed by atoms with Crippen molar-refractivity contribution in [3.8, 4) is 0 Å². The first-order valence-electron chi connectivity index (χ1n) is 8.41. The molecule has 0 atom stereocenters. The second kappa shape index (κ2) is 8.74. The molecule has 5 nitrogen and oxygen atoms in total. The Morgan fingerprint density at radius 3 is 2.72 bits per heavy atom. The summed E-state index contributed by atoms with van der Waals surface area (Å²) in [4.78, 5) is 17.7. The average molecular weight is 380 g/mol. The maximum Gasteiger partial charge on any atom is 0.223 e. The van der Waals surface area contributed by atoms with Gasteiger partial charge in [-0.15, -0.1) is 11.8 Å². The van der Waals surface area contributed by atoms with E-state index in [0.29, 0.717) is 6.42 Å². The zero-order chi connectivity index (χ0) is 17.6. The fourth-order valence-electron chi connectivity index (χ4n) is 2.83. The number of carbonyl (C=O) groups excluding carboxylic acids is 1. The summed E-state index contributed by atoms with van der Waals surface area (Å²) in [5.41, 5.74) is 0.903. The van der Waals surface area contributed by atoms with Crippen molar-refractivity contribution in [2.24, 2.45) is 0 Å². The molecule has 7 heteroatoms. The highest BCUT2D eigenvalue weighted by Crippen LogP contribution is 2.27. The summed E-state index contributed by atoms with van der Waals surface area (Å²) in [6.07, 6.45) is 0.539. The Balaban J connectivity index is 1.38.